The molecule has 1 aromatic heterocycles. The fraction of sp³-hybridized carbons (Fsp3) is 0.636. The van der Waals surface area contributed by atoms with Gasteiger partial charge in [-0.05, 0) is 19.9 Å². The van der Waals surface area contributed by atoms with Crippen molar-refractivity contribution in [3.8, 4) is 0 Å². The van der Waals surface area contributed by atoms with Crippen molar-refractivity contribution in [3.63, 3.8) is 0 Å². The zero-order chi connectivity index (χ0) is 13.3. The fourth-order valence-corrected chi connectivity index (χ4v) is 5.01. The first kappa shape index (κ1) is 14.0. The van der Waals surface area contributed by atoms with Crippen LogP contribution in [-0.4, -0.2) is 38.5 Å². The van der Waals surface area contributed by atoms with Gasteiger partial charge in [0.15, 0.2) is 0 Å². The third kappa shape index (κ3) is 2.60. The first-order valence-corrected chi connectivity index (χ1v) is 8.12. The van der Waals surface area contributed by atoms with Gasteiger partial charge in [-0.2, -0.15) is 4.31 Å². The van der Waals surface area contributed by atoms with E-state index < -0.39 is 10.0 Å². The Balaban J connectivity index is 2.32. The number of aryl methyl sites for hydroxylation is 1. The lowest BCUT2D eigenvalue weighted by Gasteiger charge is -2.30. The van der Waals surface area contributed by atoms with Gasteiger partial charge in [0.2, 0.25) is 10.0 Å². The van der Waals surface area contributed by atoms with Gasteiger partial charge in [0.1, 0.15) is 0 Å². The predicted molar refractivity (Wildman–Crippen MR) is 71.1 cm³/mol. The SMILES string of the molecule is Cc1sc(CN)cc1S(=O)(=O)N1CCOC(C)C1. The summed E-state index contributed by atoms with van der Waals surface area (Å²) in [6.45, 7) is 5.36. The molecule has 7 heteroatoms. The van der Waals surface area contributed by atoms with E-state index in [9.17, 15) is 8.42 Å². The highest BCUT2D eigenvalue weighted by Crippen LogP contribution is 2.28. The molecule has 2 N–H and O–H groups in total. The molecule has 0 spiro atoms. The lowest BCUT2D eigenvalue weighted by atomic mass is 10.3. The van der Waals surface area contributed by atoms with Gasteiger partial charge in [-0.1, -0.05) is 0 Å². The molecule has 0 bridgehead atoms. The number of sulfonamides is 1. The number of thiophene rings is 1. The highest BCUT2D eigenvalue weighted by molar-refractivity contribution is 7.89. The molecular formula is C11H18N2O3S2. The molecule has 18 heavy (non-hydrogen) atoms. The molecule has 1 unspecified atom stereocenters. The summed E-state index contributed by atoms with van der Waals surface area (Å²) in [5, 5.41) is 0. The average Bonchev–Trinajstić information content (AvgIpc) is 2.71. The molecule has 102 valence electrons. The van der Waals surface area contributed by atoms with Crippen molar-refractivity contribution >= 4 is 21.4 Å². The maximum Gasteiger partial charge on any atom is 0.244 e. The largest absolute Gasteiger partial charge is 0.376 e. The molecule has 0 radical (unpaired) electrons. The van der Waals surface area contributed by atoms with Gasteiger partial charge in [0, 0.05) is 29.4 Å². The van der Waals surface area contributed by atoms with Crippen LogP contribution in [0.5, 0.6) is 0 Å². The lowest BCUT2D eigenvalue weighted by Crippen LogP contribution is -2.44. The van der Waals surface area contributed by atoms with E-state index in [4.69, 9.17) is 10.5 Å². The number of hydrogen-bond acceptors (Lipinski definition) is 5. The average molecular weight is 290 g/mol. The van der Waals surface area contributed by atoms with Crippen molar-refractivity contribution in [1.29, 1.82) is 0 Å². The van der Waals surface area contributed by atoms with Crippen LogP contribution in [0.25, 0.3) is 0 Å². The van der Waals surface area contributed by atoms with Gasteiger partial charge >= 0.3 is 0 Å². The maximum atomic E-state index is 12.5. The third-order valence-electron chi connectivity index (χ3n) is 2.95. The van der Waals surface area contributed by atoms with Crippen LogP contribution in [0.3, 0.4) is 0 Å². The summed E-state index contributed by atoms with van der Waals surface area (Å²) >= 11 is 1.44. The van der Waals surface area contributed by atoms with E-state index in [0.29, 0.717) is 31.1 Å². The van der Waals surface area contributed by atoms with Crippen molar-refractivity contribution < 1.29 is 13.2 Å². The number of nitrogens with zero attached hydrogens (tertiary/aromatic N) is 1. The topological polar surface area (TPSA) is 72.6 Å². The normalized spacial score (nSPS) is 22.3. The van der Waals surface area contributed by atoms with Crippen LogP contribution >= 0.6 is 11.3 Å². The zero-order valence-corrected chi connectivity index (χ0v) is 12.2. The monoisotopic (exact) mass is 290 g/mol. The van der Waals surface area contributed by atoms with E-state index in [1.54, 1.807) is 6.07 Å². The first-order chi connectivity index (χ1) is 8.45. The molecule has 5 nitrogen and oxygen atoms in total. The van der Waals surface area contributed by atoms with Crippen LogP contribution < -0.4 is 5.73 Å². The second-order valence-corrected chi connectivity index (χ2v) is 7.63. The Bertz CT molecular complexity index is 524. The molecule has 0 saturated carbocycles. The van der Waals surface area contributed by atoms with Crippen LogP contribution in [0.2, 0.25) is 0 Å². The molecule has 1 saturated heterocycles. The molecule has 2 heterocycles. The van der Waals surface area contributed by atoms with E-state index in [1.165, 1.54) is 15.6 Å². The molecule has 1 aromatic rings. The Morgan fingerprint density at radius 3 is 2.89 bits per heavy atom. The molecule has 0 aromatic carbocycles. The van der Waals surface area contributed by atoms with Crippen LogP contribution in [0.4, 0.5) is 0 Å². The van der Waals surface area contributed by atoms with Gasteiger partial charge in [0.05, 0.1) is 17.6 Å². The molecule has 1 atom stereocenters. The van der Waals surface area contributed by atoms with Crippen LogP contribution in [0, 0.1) is 6.92 Å². The number of hydrogen-bond donors (Lipinski definition) is 1. The summed E-state index contributed by atoms with van der Waals surface area (Å²) in [5.74, 6) is 0. The Hall–Kier alpha value is -0.470. The van der Waals surface area contributed by atoms with Crippen molar-refractivity contribution in [2.24, 2.45) is 5.73 Å². The standard InChI is InChI=1S/C11H18N2O3S2/c1-8-7-13(3-4-16-8)18(14,15)11-5-10(6-12)17-9(11)2/h5,8H,3-4,6-7,12H2,1-2H3. The molecule has 1 aliphatic heterocycles. The Labute approximate surface area is 112 Å². The zero-order valence-electron chi connectivity index (χ0n) is 10.5. The Morgan fingerprint density at radius 1 is 1.61 bits per heavy atom. The number of rotatable bonds is 3. The molecule has 0 aliphatic carbocycles. The second kappa shape index (κ2) is 5.26. The predicted octanol–water partition coefficient (Wildman–Crippen LogP) is 0.925. The maximum absolute atomic E-state index is 12.5. The summed E-state index contributed by atoms with van der Waals surface area (Å²) in [6, 6.07) is 1.69. The van der Waals surface area contributed by atoms with Gasteiger partial charge in [0.25, 0.3) is 0 Å². The van der Waals surface area contributed by atoms with Crippen molar-refractivity contribution in [3.05, 3.63) is 15.8 Å². The second-order valence-electron chi connectivity index (χ2n) is 4.38. The summed E-state index contributed by atoms with van der Waals surface area (Å²) in [5.41, 5.74) is 5.56. The molecule has 1 fully saturated rings. The van der Waals surface area contributed by atoms with Crippen LogP contribution in [0.1, 0.15) is 16.7 Å². The highest BCUT2D eigenvalue weighted by Gasteiger charge is 2.31. The quantitative estimate of drug-likeness (QED) is 0.898. The Kier molecular flexibility index (Phi) is 4.08. The molecule has 1 aliphatic rings. The minimum atomic E-state index is -3.41. The minimum absolute atomic E-state index is 0.0542. The van der Waals surface area contributed by atoms with E-state index in [0.717, 1.165) is 9.75 Å². The van der Waals surface area contributed by atoms with Crippen molar-refractivity contribution in [2.75, 3.05) is 19.7 Å². The van der Waals surface area contributed by atoms with Gasteiger partial charge in [-0.15, -0.1) is 11.3 Å². The minimum Gasteiger partial charge on any atom is -0.376 e. The first-order valence-electron chi connectivity index (χ1n) is 5.86. The van der Waals surface area contributed by atoms with E-state index >= 15 is 0 Å². The summed E-state index contributed by atoms with van der Waals surface area (Å²) < 4.78 is 31.9. The van der Waals surface area contributed by atoms with Crippen molar-refractivity contribution in [2.45, 2.75) is 31.4 Å². The smallest absolute Gasteiger partial charge is 0.244 e. The van der Waals surface area contributed by atoms with Gasteiger partial charge in [-0.25, -0.2) is 8.42 Å². The number of nitrogens with two attached hydrogens (primary N) is 1. The highest BCUT2D eigenvalue weighted by atomic mass is 32.2. The summed E-state index contributed by atoms with van der Waals surface area (Å²) in [7, 11) is -3.41. The lowest BCUT2D eigenvalue weighted by molar-refractivity contribution is 0.0102. The van der Waals surface area contributed by atoms with Crippen LogP contribution in [0.15, 0.2) is 11.0 Å². The Morgan fingerprint density at radius 2 is 2.33 bits per heavy atom. The number of ether oxygens (including phenoxy) is 1. The van der Waals surface area contributed by atoms with E-state index in [2.05, 4.69) is 0 Å². The molecular weight excluding hydrogens is 272 g/mol. The van der Waals surface area contributed by atoms with Crippen molar-refractivity contribution in [1.82, 2.24) is 4.31 Å². The van der Waals surface area contributed by atoms with Gasteiger partial charge < -0.3 is 10.5 Å². The number of morpholine rings is 1. The van der Waals surface area contributed by atoms with E-state index in [1.807, 2.05) is 13.8 Å². The molecule has 0 amide bonds. The molecule has 2 rings (SSSR count). The summed E-state index contributed by atoms with van der Waals surface area (Å²) in [6.07, 6.45) is -0.0542. The third-order valence-corrected chi connectivity index (χ3v) is 6.14. The van der Waals surface area contributed by atoms with Gasteiger partial charge in [-0.3, -0.25) is 0 Å². The van der Waals surface area contributed by atoms with E-state index in [-0.39, 0.29) is 6.10 Å². The summed E-state index contributed by atoms with van der Waals surface area (Å²) in [4.78, 5) is 2.09. The van der Waals surface area contributed by atoms with Crippen LogP contribution in [-0.2, 0) is 21.3 Å². The fourth-order valence-electron chi connectivity index (χ4n) is 2.02.